The first kappa shape index (κ1) is 17.5. The van der Waals surface area contributed by atoms with E-state index in [9.17, 15) is 4.79 Å². The Morgan fingerprint density at radius 1 is 1.15 bits per heavy atom. The van der Waals surface area contributed by atoms with E-state index in [-0.39, 0.29) is 11.4 Å². The predicted molar refractivity (Wildman–Crippen MR) is 102 cm³/mol. The number of hydrogen-bond donors (Lipinski definition) is 0. The van der Waals surface area contributed by atoms with E-state index >= 15 is 0 Å². The molecule has 1 atom stereocenters. The van der Waals surface area contributed by atoms with Crippen LogP contribution < -0.4 is 4.74 Å². The van der Waals surface area contributed by atoms with E-state index in [0.29, 0.717) is 6.04 Å². The van der Waals surface area contributed by atoms with Crippen LogP contribution in [-0.4, -0.2) is 91.3 Å². The molecule has 0 radical (unpaired) electrons. The Balaban J connectivity index is 1.35. The van der Waals surface area contributed by atoms with Gasteiger partial charge in [-0.25, -0.2) is 0 Å². The highest BCUT2D eigenvalue weighted by molar-refractivity contribution is 5.94. The summed E-state index contributed by atoms with van der Waals surface area (Å²) in [4.78, 5) is 20.6. The summed E-state index contributed by atoms with van der Waals surface area (Å²) in [5.41, 5.74) is 0.857. The minimum Gasteiger partial charge on any atom is -0.497 e. The van der Waals surface area contributed by atoms with Crippen molar-refractivity contribution in [3.05, 3.63) is 29.8 Å². The SMILES string of the molecule is COc1ccc(C(=O)N2C[C@@H]3COCCN3C3(C2)CN(C2CCC2)C3)cc1. The zero-order chi connectivity index (χ0) is 18.4. The van der Waals surface area contributed by atoms with Gasteiger partial charge >= 0.3 is 0 Å². The lowest BCUT2D eigenvalue weighted by molar-refractivity contribution is -0.171. The van der Waals surface area contributed by atoms with Crippen molar-refractivity contribution >= 4 is 5.91 Å². The van der Waals surface area contributed by atoms with Crippen molar-refractivity contribution in [2.45, 2.75) is 36.9 Å². The van der Waals surface area contributed by atoms with Crippen molar-refractivity contribution in [3.63, 3.8) is 0 Å². The van der Waals surface area contributed by atoms with Gasteiger partial charge < -0.3 is 14.4 Å². The number of carbonyl (C=O) groups is 1. The number of hydrogen-bond acceptors (Lipinski definition) is 5. The zero-order valence-corrected chi connectivity index (χ0v) is 16.1. The molecule has 4 fully saturated rings. The molecule has 1 aromatic carbocycles. The summed E-state index contributed by atoms with van der Waals surface area (Å²) in [5, 5.41) is 0. The molecule has 6 heteroatoms. The maximum atomic E-state index is 13.2. The number of nitrogens with zero attached hydrogens (tertiary/aromatic N) is 3. The third kappa shape index (κ3) is 2.94. The van der Waals surface area contributed by atoms with Crippen LogP contribution in [0, 0.1) is 0 Å². The summed E-state index contributed by atoms with van der Waals surface area (Å²) >= 11 is 0. The van der Waals surface area contributed by atoms with Crippen LogP contribution in [0.2, 0.25) is 0 Å². The summed E-state index contributed by atoms with van der Waals surface area (Å²) in [6.07, 6.45) is 4.06. The molecule has 1 amide bonds. The Labute approximate surface area is 161 Å². The summed E-state index contributed by atoms with van der Waals surface area (Å²) in [5.74, 6) is 0.910. The second kappa shape index (κ2) is 6.76. The molecular weight excluding hydrogens is 342 g/mol. The monoisotopic (exact) mass is 371 g/mol. The fraction of sp³-hybridized carbons (Fsp3) is 0.667. The number of amides is 1. The van der Waals surface area contributed by atoms with Gasteiger partial charge in [-0.1, -0.05) is 6.42 Å². The second-order valence-corrected chi connectivity index (χ2v) is 8.55. The maximum absolute atomic E-state index is 13.2. The molecule has 0 aromatic heterocycles. The van der Waals surface area contributed by atoms with Gasteiger partial charge in [0.05, 0.1) is 31.9 Å². The standard InChI is InChI=1S/C21H29N3O3/c1-26-19-7-5-16(6-8-19)20(25)22-11-18-12-27-10-9-24(18)21(13-22)14-23(15-21)17-3-2-4-17/h5-8,17-18H,2-4,9-15H2,1H3/t18-/m1/s1. The number of benzene rings is 1. The van der Waals surface area contributed by atoms with Crippen LogP contribution in [0.5, 0.6) is 5.75 Å². The average Bonchev–Trinajstić information content (AvgIpc) is 2.64. The first-order chi connectivity index (χ1) is 13.2. The molecule has 146 valence electrons. The number of fused-ring (bicyclic) bond motifs is 2. The van der Waals surface area contributed by atoms with Gasteiger partial charge in [-0.05, 0) is 37.1 Å². The third-order valence-corrected chi connectivity index (χ3v) is 6.96. The van der Waals surface area contributed by atoms with E-state index in [2.05, 4.69) is 14.7 Å². The number of likely N-dealkylation sites (tertiary alicyclic amines) is 1. The van der Waals surface area contributed by atoms with E-state index in [4.69, 9.17) is 9.47 Å². The van der Waals surface area contributed by atoms with Crippen LogP contribution >= 0.6 is 0 Å². The van der Waals surface area contributed by atoms with Gasteiger partial charge in [0.25, 0.3) is 5.91 Å². The van der Waals surface area contributed by atoms with Gasteiger partial charge in [0.2, 0.25) is 0 Å². The minimum absolute atomic E-state index is 0.115. The van der Waals surface area contributed by atoms with Crippen LogP contribution in [-0.2, 0) is 4.74 Å². The van der Waals surface area contributed by atoms with E-state index in [1.165, 1.54) is 19.3 Å². The Hall–Kier alpha value is -1.63. The topological polar surface area (TPSA) is 45.2 Å². The molecule has 6 nitrogen and oxygen atoms in total. The molecule has 1 saturated carbocycles. The molecule has 3 heterocycles. The van der Waals surface area contributed by atoms with Crippen LogP contribution in [0.3, 0.4) is 0 Å². The largest absolute Gasteiger partial charge is 0.497 e. The van der Waals surface area contributed by atoms with Crippen molar-refractivity contribution in [1.82, 2.24) is 14.7 Å². The Bertz CT molecular complexity index is 697. The number of morpholine rings is 1. The van der Waals surface area contributed by atoms with E-state index < -0.39 is 0 Å². The Morgan fingerprint density at radius 3 is 2.59 bits per heavy atom. The van der Waals surface area contributed by atoms with Crippen molar-refractivity contribution in [3.8, 4) is 5.75 Å². The highest BCUT2D eigenvalue weighted by Gasteiger charge is 2.56. The second-order valence-electron chi connectivity index (χ2n) is 8.55. The number of rotatable bonds is 3. The lowest BCUT2D eigenvalue weighted by Crippen LogP contribution is -2.82. The first-order valence-electron chi connectivity index (χ1n) is 10.2. The van der Waals surface area contributed by atoms with Gasteiger partial charge in [-0.15, -0.1) is 0 Å². The van der Waals surface area contributed by atoms with E-state index in [1.54, 1.807) is 7.11 Å². The normalized spacial score (nSPS) is 28.3. The van der Waals surface area contributed by atoms with Crippen LogP contribution in [0.15, 0.2) is 24.3 Å². The number of methoxy groups -OCH3 is 1. The number of piperazine rings is 1. The van der Waals surface area contributed by atoms with Gasteiger partial charge in [0, 0.05) is 44.3 Å². The van der Waals surface area contributed by atoms with Crippen LogP contribution in [0.25, 0.3) is 0 Å². The highest BCUT2D eigenvalue weighted by Crippen LogP contribution is 2.40. The van der Waals surface area contributed by atoms with Crippen LogP contribution in [0.1, 0.15) is 29.6 Å². The molecule has 1 aliphatic carbocycles. The van der Waals surface area contributed by atoms with Gasteiger partial charge in [0.15, 0.2) is 0 Å². The summed E-state index contributed by atoms with van der Waals surface area (Å²) in [7, 11) is 1.65. The fourth-order valence-electron chi connectivity index (χ4n) is 5.27. The lowest BCUT2D eigenvalue weighted by atomic mass is 9.78. The van der Waals surface area contributed by atoms with E-state index in [0.717, 1.165) is 63.3 Å². The van der Waals surface area contributed by atoms with Crippen molar-refractivity contribution in [1.29, 1.82) is 0 Å². The molecular formula is C21H29N3O3. The van der Waals surface area contributed by atoms with Gasteiger partial charge in [0.1, 0.15) is 5.75 Å². The molecule has 3 aliphatic heterocycles. The van der Waals surface area contributed by atoms with Crippen LogP contribution in [0.4, 0.5) is 0 Å². The molecule has 5 rings (SSSR count). The molecule has 27 heavy (non-hydrogen) atoms. The summed E-state index contributed by atoms with van der Waals surface area (Å²) in [6, 6.07) is 8.58. The molecule has 0 N–H and O–H groups in total. The highest BCUT2D eigenvalue weighted by atomic mass is 16.5. The third-order valence-electron chi connectivity index (χ3n) is 6.96. The fourth-order valence-corrected chi connectivity index (χ4v) is 5.27. The molecule has 0 bridgehead atoms. The van der Waals surface area contributed by atoms with Gasteiger partial charge in [-0.2, -0.15) is 0 Å². The molecule has 1 spiro atoms. The van der Waals surface area contributed by atoms with Crippen molar-refractivity contribution in [2.75, 3.05) is 53.0 Å². The maximum Gasteiger partial charge on any atom is 0.253 e. The molecule has 0 unspecified atom stereocenters. The summed E-state index contributed by atoms with van der Waals surface area (Å²) in [6.45, 7) is 6.33. The molecule has 1 aromatic rings. The molecule has 4 aliphatic rings. The Morgan fingerprint density at radius 2 is 1.93 bits per heavy atom. The number of carbonyl (C=O) groups excluding carboxylic acids is 1. The van der Waals surface area contributed by atoms with Gasteiger partial charge in [-0.3, -0.25) is 14.6 Å². The zero-order valence-electron chi connectivity index (χ0n) is 16.1. The summed E-state index contributed by atoms with van der Waals surface area (Å²) < 4.78 is 11.0. The number of ether oxygens (including phenoxy) is 2. The predicted octanol–water partition coefficient (Wildman–Crippen LogP) is 1.46. The molecule has 3 saturated heterocycles. The van der Waals surface area contributed by atoms with E-state index in [1.807, 2.05) is 24.3 Å². The van der Waals surface area contributed by atoms with Crippen molar-refractivity contribution in [2.24, 2.45) is 0 Å². The Kier molecular flexibility index (Phi) is 4.37. The first-order valence-corrected chi connectivity index (χ1v) is 10.2. The van der Waals surface area contributed by atoms with Crippen molar-refractivity contribution < 1.29 is 14.3 Å². The quantitative estimate of drug-likeness (QED) is 0.805. The minimum atomic E-state index is 0.115. The smallest absolute Gasteiger partial charge is 0.253 e. The average molecular weight is 371 g/mol. The lowest BCUT2D eigenvalue weighted by Gasteiger charge is -2.65.